The predicted molar refractivity (Wildman–Crippen MR) is 85.9 cm³/mol. The molecule has 112 valence electrons. The first-order valence-corrected chi connectivity index (χ1v) is 9.02. The average Bonchev–Trinajstić information content (AvgIpc) is 2.42. The fourth-order valence-corrected chi connectivity index (χ4v) is 2.92. The van der Waals surface area contributed by atoms with Crippen molar-refractivity contribution in [2.24, 2.45) is 0 Å². The van der Waals surface area contributed by atoms with Crippen LogP contribution < -0.4 is 5.32 Å². The van der Waals surface area contributed by atoms with Gasteiger partial charge in [-0.05, 0) is 51.3 Å². The zero-order valence-electron chi connectivity index (χ0n) is 11.5. The summed E-state index contributed by atoms with van der Waals surface area (Å²) in [5.74, 6) is 0.218. The molecule has 0 bridgehead atoms. The van der Waals surface area contributed by atoms with E-state index in [0.717, 1.165) is 11.1 Å². The maximum absolute atomic E-state index is 11.4. The lowest BCUT2D eigenvalue weighted by Gasteiger charge is -2.07. The van der Waals surface area contributed by atoms with Gasteiger partial charge in [0.15, 0.2) is 9.84 Å². The third-order valence-electron chi connectivity index (χ3n) is 3.02. The van der Waals surface area contributed by atoms with Crippen molar-refractivity contribution in [2.75, 3.05) is 6.26 Å². The van der Waals surface area contributed by atoms with E-state index in [1.54, 1.807) is 30.3 Å². The molecule has 2 rings (SSSR count). The molecule has 21 heavy (non-hydrogen) atoms. The molecule has 0 saturated carbocycles. The predicted octanol–water partition coefficient (Wildman–Crippen LogP) is 2.85. The van der Waals surface area contributed by atoms with Gasteiger partial charge < -0.3 is 10.4 Å². The van der Waals surface area contributed by atoms with Crippen molar-refractivity contribution in [1.29, 1.82) is 0 Å². The van der Waals surface area contributed by atoms with Crippen LogP contribution in [0, 0.1) is 0 Å². The van der Waals surface area contributed by atoms with Gasteiger partial charge in [0, 0.05) is 19.3 Å². The van der Waals surface area contributed by atoms with E-state index >= 15 is 0 Å². The third-order valence-corrected chi connectivity index (χ3v) is 4.79. The zero-order chi connectivity index (χ0) is 15.5. The summed E-state index contributed by atoms with van der Waals surface area (Å²) in [6, 6.07) is 12.2. The van der Waals surface area contributed by atoms with E-state index in [2.05, 4.69) is 21.2 Å². The quantitative estimate of drug-likeness (QED) is 0.850. The highest BCUT2D eigenvalue weighted by Crippen LogP contribution is 2.24. The summed E-state index contributed by atoms with van der Waals surface area (Å²) in [6.45, 7) is 1.30. The van der Waals surface area contributed by atoms with Crippen molar-refractivity contribution in [1.82, 2.24) is 5.32 Å². The fourth-order valence-electron chi connectivity index (χ4n) is 1.87. The van der Waals surface area contributed by atoms with Crippen LogP contribution in [-0.2, 0) is 22.9 Å². The molecule has 0 unspecified atom stereocenters. The van der Waals surface area contributed by atoms with E-state index in [1.165, 1.54) is 6.26 Å². The molecule has 0 aliphatic carbocycles. The van der Waals surface area contributed by atoms with E-state index in [-0.39, 0.29) is 5.75 Å². The van der Waals surface area contributed by atoms with Gasteiger partial charge in [0.05, 0.1) is 9.37 Å². The van der Waals surface area contributed by atoms with E-state index in [9.17, 15) is 13.5 Å². The number of halogens is 1. The van der Waals surface area contributed by atoms with Crippen LogP contribution >= 0.6 is 15.9 Å². The van der Waals surface area contributed by atoms with E-state index in [0.29, 0.717) is 22.5 Å². The lowest BCUT2D eigenvalue weighted by Crippen LogP contribution is -2.12. The van der Waals surface area contributed by atoms with Crippen LogP contribution in [-0.4, -0.2) is 19.8 Å². The molecule has 4 nitrogen and oxygen atoms in total. The van der Waals surface area contributed by atoms with Crippen LogP contribution in [0.3, 0.4) is 0 Å². The van der Waals surface area contributed by atoms with Gasteiger partial charge in [-0.2, -0.15) is 0 Å². The Morgan fingerprint density at radius 3 is 2.19 bits per heavy atom. The number of hydrogen-bond donors (Lipinski definition) is 2. The smallest absolute Gasteiger partial charge is 0.175 e. The number of rotatable bonds is 5. The standard InChI is InChI=1S/C15H16BrNO3S/c1-21(19,20)13-5-2-11(3-6-13)9-17-10-12-4-7-15(18)14(16)8-12/h2-8,17-18H,9-10H2,1H3. The molecule has 0 fully saturated rings. The second-order valence-electron chi connectivity index (χ2n) is 4.81. The van der Waals surface area contributed by atoms with Crippen molar-refractivity contribution < 1.29 is 13.5 Å². The van der Waals surface area contributed by atoms with Crippen molar-refractivity contribution >= 4 is 25.8 Å². The molecule has 2 aromatic carbocycles. The number of nitrogens with one attached hydrogen (secondary N) is 1. The van der Waals surface area contributed by atoms with E-state index in [4.69, 9.17) is 0 Å². The molecular formula is C15H16BrNO3S. The first-order chi connectivity index (χ1) is 9.86. The molecule has 0 spiro atoms. The van der Waals surface area contributed by atoms with Gasteiger partial charge in [-0.1, -0.05) is 18.2 Å². The van der Waals surface area contributed by atoms with Crippen LogP contribution in [0.2, 0.25) is 0 Å². The van der Waals surface area contributed by atoms with Crippen LogP contribution in [0.15, 0.2) is 51.8 Å². The number of aromatic hydroxyl groups is 1. The van der Waals surface area contributed by atoms with Gasteiger partial charge in [0.2, 0.25) is 0 Å². The second-order valence-corrected chi connectivity index (χ2v) is 7.68. The number of sulfone groups is 1. The highest BCUT2D eigenvalue weighted by molar-refractivity contribution is 9.10. The molecule has 0 aromatic heterocycles. The molecular weight excluding hydrogens is 354 g/mol. The largest absolute Gasteiger partial charge is 0.507 e. The number of benzene rings is 2. The Morgan fingerprint density at radius 1 is 1.05 bits per heavy atom. The van der Waals surface area contributed by atoms with Crippen LogP contribution in [0.5, 0.6) is 5.75 Å². The minimum atomic E-state index is -3.14. The fraction of sp³-hybridized carbons (Fsp3) is 0.200. The molecule has 0 atom stereocenters. The first kappa shape index (κ1) is 16.0. The Labute approximate surface area is 132 Å². The molecule has 2 aromatic rings. The van der Waals surface area contributed by atoms with Gasteiger partial charge in [-0.15, -0.1) is 0 Å². The normalized spacial score (nSPS) is 11.5. The Morgan fingerprint density at radius 2 is 1.62 bits per heavy atom. The molecule has 0 amide bonds. The Kier molecular flexibility index (Phi) is 5.03. The second kappa shape index (κ2) is 6.60. The summed E-state index contributed by atoms with van der Waals surface area (Å²) in [6.07, 6.45) is 1.20. The number of hydrogen-bond acceptors (Lipinski definition) is 4. The maximum atomic E-state index is 11.4. The van der Waals surface area contributed by atoms with Gasteiger partial charge in [-0.3, -0.25) is 0 Å². The molecule has 0 saturated heterocycles. The lowest BCUT2D eigenvalue weighted by molar-refractivity contribution is 0.471. The van der Waals surface area contributed by atoms with Gasteiger partial charge in [0.25, 0.3) is 0 Å². The Hall–Kier alpha value is -1.37. The monoisotopic (exact) mass is 369 g/mol. The topological polar surface area (TPSA) is 66.4 Å². The van der Waals surface area contributed by atoms with Gasteiger partial charge in [-0.25, -0.2) is 8.42 Å². The molecule has 6 heteroatoms. The van der Waals surface area contributed by atoms with Gasteiger partial charge >= 0.3 is 0 Å². The summed E-state index contributed by atoms with van der Waals surface area (Å²) in [4.78, 5) is 0.328. The van der Waals surface area contributed by atoms with E-state index < -0.39 is 9.84 Å². The lowest BCUT2D eigenvalue weighted by atomic mass is 10.2. The van der Waals surface area contributed by atoms with Crippen molar-refractivity contribution in [3.63, 3.8) is 0 Å². The summed E-state index contributed by atoms with van der Waals surface area (Å²) in [5, 5.41) is 12.7. The SMILES string of the molecule is CS(=O)(=O)c1ccc(CNCc2ccc(O)c(Br)c2)cc1. The average molecular weight is 370 g/mol. The summed E-state index contributed by atoms with van der Waals surface area (Å²) in [7, 11) is -3.14. The van der Waals surface area contributed by atoms with Gasteiger partial charge in [0.1, 0.15) is 5.75 Å². The van der Waals surface area contributed by atoms with Crippen molar-refractivity contribution in [3.8, 4) is 5.75 Å². The summed E-state index contributed by atoms with van der Waals surface area (Å²) in [5.41, 5.74) is 2.06. The molecule has 2 N–H and O–H groups in total. The minimum absolute atomic E-state index is 0.218. The highest BCUT2D eigenvalue weighted by atomic mass is 79.9. The van der Waals surface area contributed by atoms with Crippen molar-refractivity contribution in [2.45, 2.75) is 18.0 Å². The molecule has 0 radical (unpaired) electrons. The number of phenolic OH excluding ortho intramolecular Hbond substituents is 1. The summed E-state index contributed by atoms with van der Waals surface area (Å²) < 4.78 is 23.4. The number of phenols is 1. The maximum Gasteiger partial charge on any atom is 0.175 e. The molecule has 0 aliphatic rings. The van der Waals surface area contributed by atoms with Crippen LogP contribution in [0.1, 0.15) is 11.1 Å². The third kappa shape index (κ3) is 4.56. The van der Waals surface area contributed by atoms with Crippen LogP contribution in [0.25, 0.3) is 0 Å². The molecule has 0 heterocycles. The van der Waals surface area contributed by atoms with Crippen molar-refractivity contribution in [3.05, 3.63) is 58.1 Å². The Balaban J connectivity index is 1.93. The minimum Gasteiger partial charge on any atom is -0.507 e. The Bertz CT molecular complexity index is 727. The highest BCUT2D eigenvalue weighted by Gasteiger charge is 2.06. The molecule has 0 aliphatic heterocycles. The van der Waals surface area contributed by atoms with E-state index in [1.807, 2.05) is 12.1 Å². The summed E-state index contributed by atoms with van der Waals surface area (Å²) >= 11 is 3.27. The van der Waals surface area contributed by atoms with Crippen LogP contribution in [0.4, 0.5) is 0 Å². The zero-order valence-corrected chi connectivity index (χ0v) is 13.9. The first-order valence-electron chi connectivity index (χ1n) is 6.33.